The Hall–Kier alpha value is -1.86. The van der Waals surface area contributed by atoms with Crippen LogP contribution in [0.4, 0.5) is 13.2 Å². The Kier molecular flexibility index (Phi) is 7.51. The molecule has 0 amide bonds. The number of aryl methyl sites for hydroxylation is 1. The van der Waals surface area contributed by atoms with Gasteiger partial charge in [-0.05, 0) is 72.1 Å². The highest BCUT2D eigenvalue weighted by Crippen LogP contribution is 2.40. The van der Waals surface area contributed by atoms with Gasteiger partial charge in [0.25, 0.3) is 0 Å². The summed E-state index contributed by atoms with van der Waals surface area (Å²) in [5, 5.41) is 0. The molecule has 1 N–H and O–H groups in total. The van der Waals surface area contributed by atoms with E-state index < -0.39 is 15.6 Å². The lowest BCUT2D eigenvalue weighted by atomic mass is 9.91. The van der Waals surface area contributed by atoms with Gasteiger partial charge in [0.05, 0.1) is 0 Å². The zero-order valence-corrected chi connectivity index (χ0v) is 17.8. The summed E-state index contributed by atoms with van der Waals surface area (Å²) in [5.41, 5.74) is 5.10. The van der Waals surface area contributed by atoms with Crippen molar-refractivity contribution in [2.24, 2.45) is 0 Å². The van der Waals surface area contributed by atoms with Gasteiger partial charge in [0.15, 0.2) is 0 Å². The molecule has 0 fully saturated rings. The molecule has 160 valence electrons. The molecule has 0 saturated heterocycles. The van der Waals surface area contributed by atoms with Crippen molar-refractivity contribution in [3.63, 3.8) is 0 Å². The second-order valence-electron chi connectivity index (χ2n) is 7.38. The lowest BCUT2D eigenvalue weighted by Crippen LogP contribution is -2.21. The topological polar surface area (TPSA) is 54.4 Å². The Morgan fingerprint density at radius 2 is 1.62 bits per heavy atom. The number of fused-ring (bicyclic) bond motifs is 3. The van der Waals surface area contributed by atoms with Crippen LogP contribution >= 0.6 is 0 Å². The van der Waals surface area contributed by atoms with Gasteiger partial charge in [0.2, 0.25) is 0 Å². The van der Waals surface area contributed by atoms with Crippen LogP contribution in [-0.4, -0.2) is 18.5 Å². The lowest BCUT2D eigenvalue weighted by Gasteiger charge is -2.14. The van der Waals surface area contributed by atoms with Gasteiger partial charge < -0.3 is 0 Å². The van der Waals surface area contributed by atoms with Crippen molar-refractivity contribution < 1.29 is 26.1 Å². The SMILES string of the molecule is CCCCCCc1cc2c(c(C)c1C)Cc1ccccc1-2.O=S(=O)(O)C(F)(F)F. The van der Waals surface area contributed by atoms with Crippen molar-refractivity contribution in [2.75, 3.05) is 0 Å². The normalized spacial score (nSPS) is 12.8. The first kappa shape index (κ1) is 23.4. The standard InChI is InChI=1S/C21H26.CHF3O3S/c1-4-5-6-7-10-17-13-21-19-12-9-8-11-18(19)14-20(21)16(3)15(17)2;2-1(3,4)8(5,6)7/h8-9,11-13H,4-7,10,14H2,1-3H3;(H,5,6,7). The predicted octanol–water partition coefficient (Wildman–Crippen LogP) is 6.39. The zero-order chi connectivity index (χ0) is 21.8. The average molecular weight is 429 g/mol. The lowest BCUT2D eigenvalue weighted by molar-refractivity contribution is -0.0510. The van der Waals surface area contributed by atoms with E-state index in [1.54, 1.807) is 11.1 Å². The maximum atomic E-state index is 10.7. The van der Waals surface area contributed by atoms with E-state index in [0.29, 0.717) is 0 Å². The highest BCUT2D eigenvalue weighted by atomic mass is 32.2. The molecule has 2 aromatic carbocycles. The third-order valence-electron chi connectivity index (χ3n) is 5.41. The Morgan fingerprint density at radius 3 is 2.21 bits per heavy atom. The molecule has 2 aromatic rings. The maximum Gasteiger partial charge on any atom is 0.522 e. The molecule has 0 heterocycles. The van der Waals surface area contributed by atoms with Crippen molar-refractivity contribution in [3.8, 4) is 11.1 Å². The molecule has 0 aliphatic heterocycles. The molecule has 0 radical (unpaired) electrons. The summed E-state index contributed by atoms with van der Waals surface area (Å²) in [6.07, 6.45) is 7.73. The van der Waals surface area contributed by atoms with Crippen LogP contribution in [0.1, 0.15) is 60.4 Å². The van der Waals surface area contributed by atoms with Crippen molar-refractivity contribution in [1.82, 2.24) is 0 Å². The van der Waals surface area contributed by atoms with E-state index in [4.69, 9.17) is 13.0 Å². The van der Waals surface area contributed by atoms with Crippen molar-refractivity contribution >= 4 is 10.1 Å². The van der Waals surface area contributed by atoms with Crippen LogP contribution < -0.4 is 0 Å². The first-order valence-electron chi connectivity index (χ1n) is 9.71. The Labute approximate surface area is 170 Å². The fourth-order valence-electron chi connectivity index (χ4n) is 3.64. The highest BCUT2D eigenvalue weighted by Gasteiger charge is 2.44. The largest absolute Gasteiger partial charge is 0.522 e. The van der Waals surface area contributed by atoms with Crippen molar-refractivity contribution in [1.29, 1.82) is 0 Å². The first-order valence-corrected chi connectivity index (χ1v) is 11.1. The van der Waals surface area contributed by atoms with Crippen molar-refractivity contribution in [2.45, 2.75) is 64.8 Å². The van der Waals surface area contributed by atoms with E-state index in [-0.39, 0.29) is 0 Å². The average Bonchev–Trinajstić information content (AvgIpc) is 3.00. The van der Waals surface area contributed by atoms with Crippen LogP contribution in [0.15, 0.2) is 30.3 Å². The van der Waals surface area contributed by atoms with E-state index in [1.165, 1.54) is 59.9 Å². The van der Waals surface area contributed by atoms with Gasteiger partial charge in [-0.3, -0.25) is 4.55 Å². The van der Waals surface area contributed by atoms with Crippen LogP contribution in [0.3, 0.4) is 0 Å². The van der Waals surface area contributed by atoms with Gasteiger partial charge in [0, 0.05) is 0 Å². The van der Waals surface area contributed by atoms with Crippen LogP contribution in [-0.2, 0) is 23.0 Å². The summed E-state index contributed by atoms with van der Waals surface area (Å²) in [6.45, 7) is 6.91. The molecular formula is C22H27F3O3S. The van der Waals surface area contributed by atoms with Crippen molar-refractivity contribution in [3.05, 3.63) is 58.1 Å². The Balaban J connectivity index is 0.000000321. The molecule has 0 spiro atoms. The van der Waals surface area contributed by atoms with Gasteiger partial charge in [0.1, 0.15) is 0 Å². The summed E-state index contributed by atoms with van der Waals surface area (Å²) < 4.78 is 57.5. The molecule has 0 atom stereocenters. The van der Waals surface area contributed by atoms with Crippen LogP contribution in [0.5, 0.6) is 0 Å². The minimum absolute atomic E-state index is 1.12. The Morgan fingerprint density at radius 1 is 1.00 bits per heavy atom. The van der Waals surface area contributed by atoms with E-state index >= 15 is 0 Å². The second-order valence-corrected chi connectivity index (χ2v) is 8.79. The monoisotopic (exact) mass is 428 g/mol. The number of alkyl halides is 3. The zero-order valence-electron chi connectivity index (χ0n) is 16.9. The summed E-state index contributed by atoms with van der Waals surface area (Å²) in [6, 6.07) is 11.4. The number of hydrogen-bond acceptors (Lipinski definition) is 2. The third-order valence-corrected chi connectivity index (χ3v) is 5.99. The van der Waals surface area contributed by atoms with Gasteiger partial charge in [-0.25, -0.2) is 0 Å². The van der Waals surface area contributed by atoms with E-state index in [0.717, 1.165) is 6.42 Å². The minimum atomic E-state index is -5.84. The number of rotatable bonds is 5. The molecule has 1 aliphatic rings. The number of hydrogen-bond donors (Lipinski definition) is 1. The van der Waals surface area contributed by atoms with E-state index in [1.807, 2.05) is 0 Å². The molecular weight excluding hydrogens is 401 g/mol. The number of unbranched alkanes of at least 4 members (excludes halogenated alkanes) is 3. The third kappa shape index (κ3) is 5.60. The molecule has 0 bridgehead atoms. The summed E-state index contributed by atoms with van der Waals surface area (Å²) >= 11 is 0. The molecule has 29 heavy (non-hydrogen) atoms. The van der Waals surface area contributed by atoms with Gasteiger partial charge >= 0.3 is 15.6 Å². The van der Waals surface area contributed by atoms with Gasteiger partial charge in [-0.2, -0.15) is 21.6 Å². The second kappa shape index (κ2) is 9.30. The molecule has 3 rings (SSSR count). The Bertz CT molecular complexity index is 964. The van der Waals surface area contributed by atoms with Gasteiger partial charge in [-0.1, -0.05) is 56.5 Å². The molecule has 3 nitrogen and oxygen atoms in total. The minimum Gasteiger partial charge on any atom is -0.279 e. The van der Waals surface area contributed by atoms with Gasteiger partial charge in [-0.15, -0.1) is 0 Å². The van der Waals surface area contributed by atoms with E-state index in [9.17, 15) is 13.2 Å². The van der Waals surface area contributed by atoms with E-state index in [2.05, 4.69) is 51.1 Å². The number of halogens is 3. The highest BCUT2D eigenvalue weighted by molar-refractivity contribution is 7.86. The summed E-state index contributed by atoms with van der Waals surface area (Å²) in [7, 11) is -5.84. The molecule has 0 unspecified atom stereocenters. The van der Waals surface area contributed by atoms with Crippen LogP contribution in [0, 0.1) is 13.8 Å². The molecule has 1 aliphatic carbocycles. The number of benzene rings is 2. The quantitative estimate of drug-likeness (QED) is 0.291. The molecule has 7 heteroatoms. The molecule has 0 saturated carbocycles. The predicted molar refractivity (Wildman–Crippen MR) is 110 cm³/mol. The summed E-state index contributed by atoms with van der Waals surface area (Å²) in [4.78, 5) is 0. The fourth-order valence-corrected chi connectivity index (χ4v) is 3.64. The first-order chi connectivity index (χ1) is 13.5. The molecule has 0 aromatic heterocycles. The fraction of sp³-hybridized carbons (Fsp3) is 0.455. The smallest absolute Gasteiger partial charge is 0.279 e. The maximum absolute atomic E-state index is 10.7. The van der Waals surface area contributed by atoms with Crippen LogP contribution in [0.25, 0.3) is 11.1 Å². The summed E-state index contributed by atoms with van der Waals surface area (Å²) in [5.74, 6) is 0. The van der Waals surface area contributed by atoms with Crippen LogP contribution in [0.2, 0.25) is 0 Å².